The molecule has 88 valence electrons. The average molecular weight is 245 g/mol. The van der Waals surface area contributed by atoms with Gasteiger partial charge in [-0.1, -0.05) is 48.9 Å². The highest BCUT2D eigenvalue weighted by molar-refractivity contribution is 6.30. The van der Waals surface area contributed by atoms with Crippen molar-refractivity contribution in [3.63, 3.8) is 0 Å². The molecule has 0 aliphatic carbocycles. The topological polar surface area (TPSA) is 0 Å². The van der Waals surface area contributed by atoms with Gasteiger partial charge in [0, 0.05) is 10.9 Å². The maximum absolute atomic E-state index is 6.05. The van der Waals surface area contributed by atoms with Crippen LogP contribution in [0.25, 0.3) is 0 Å². The fraction of sp³-hybridized carbons (Fsp3) is 0.250. The van der Waals surface area contributed by atoms with E-state index in [0.717, 1.165) is 5.02 Å². The summed E-state index contributed by atoms with van der Waals surface area (Å²) in [7, 11) is 0. The van der Waals surface area contributed by atoms with Crippen LogP contribution in [0.1, 0.15) is 35.1 Å². The Balaban J connectivity index is 2.44. The molecule has 0 amide bonds. The molecule has 17 heavy (non-hydrogen) atoms. The Kier molecular flexibility index (Phi) is 3.54. The predicted molar refractivity (Wildman–Crippen MR) is 74.9 cm³/mol. The third-order valence-electron chi connectivity index (χ3n) is 3.46. The molecule has 0 aliphatic rings. The first kappa shape index (κ1) is 12.2. The summed E-state index contributed by atoms with van der Waals surface area (Å²) < 4.78 is 0. The standard InChI is InChI=1S/C16H17Cl/c1-11-6-4-9-16(12(11)2)13(3)14-7-5-8-15(17)10-14/h4-10,13H,1-3H3. The Morgan fingerprint density at radius 3 is 2.41 bits per heavy atom. The highest BCUT2D eigenvalue weighted by atomic mass is 35.5. The van der Waals surface area contributed by atoms with Crippen LogP contribution in [0.5, 0.6) is 0 Å². The van der Waals surface area contributed by atoms with Crippen LogP contribution in [0.15, 0.2) is 42.5 Å². The van der Waals surface area contributed by atoms with E-state index in [1.54, 1.807) is 0 Å². The Labute approximate surface area is 108 Å². The number of benzene rings is 2. The minimum atomic E-state index is 0.383. The lowest BCUT2D eigenvalue weighted by molar-refractivity contribution is 0.906. The summed E-state index contributed by atoms with van der Waals surface area (Å²) in [5.74, 6) is 0.383. The van der Waals surface area contributed by atoms with Gasteiger partial charge in [-0.3, -0.25) is 0 Å². The van der Waals surface area contributed by atoms with Crippen LogP contribution < -0.4 is 0 Å². The molecule has 1 unspecified atom stereocenters. The molecule has 0 saturated carbocycles. The van der Waals surface area contributed by atoms with E-state index in [4.69, 9.17) is 11.6 Å². The Hall–Kier alpha value is -1.27. The molecule has 0 spiro atoms. The molecule has 0 radical (unpaired) electrons. The van der Waals surface area contributed by atoms with Crippen molar-refractivity contribution in [3.8, 4) is 0 Å². The van der Waals surface area contributed by atoms with Crippen LogP contribution in [0.2, 0.25) is 5.02 Å². The maximum atomic E-state index is 6.05. The summed E-state index contributed by atoms with van der Waals surface area (Å²) in [6.07, 6.45) is 0. The van der Waals surface area contributed by atoms with E-state index in [2.05, 4.69) is 45.0 Å². The zero-order chi connectivity index (χ0) is 12.4. The summed E-state index contributed by atoms with van der Waals surface area (Å²) in [4.78, 5) is 0. The molecule has 0 aliphatic heterocycles. The zero-order valence-electron chi connectivity index (χ0n) is 10.5. The molecular weight excluding hydrogens is 228 g/mol. The summed E-state index contributed by atoms with van der Waals surface area (Å²) in [5, 5.41) is 0.805. The number of halogens is 1. The first-order valence-electron chi connectivity index (χ1n) is 5.91. The lowest BCUT2D eigenvalue weighted by atomic mass is 9.88. The van der Waals surface area contributed by atoms with E-state index in [1.165, 1.54) is 22.3 Å². The quantitative estimate of drug-likeness (QED) is 0.689. The number of hydrogen-bond acceptors (Lipinski definition) is 0. The molecule has 0 nitrogen and oxygen atoms in total. The second-order valence-electron chi connectivity index (χ2n) is 4.57. The Morgan fingerprint density at radius 2 is 1.71 bits per heavy atom. The second kappa shape index (κ2) is 4.93. The van der Waals surface area contributed by atoms with E-state index < -0.39 is 0 Å². The van der Waals surface area contributed by atoms with Crippen molar-refractivity contribution in [1.82, 2.24) is 0 Å². The zero-order valence-corrected chi connectivity index (χ0v) is 11.3. The van der Waals surface area contributed by atoms with Crippen LogP contribution in [0.4, 0.5) is 0 Å². The molecule has 0 heterocycles. The number of aryl methyl sites for hydroxylation is 1. The molecule has 0 fully saturated rings. The van der Waals surface area contributed by atoms with Crippen molar-refractivity contribution >= 4 is 11.6 Å². The smallest absolute Gasteiger partial charge is 0.0408 e. The van der Waals surface area contributed by atoms with Gasteiger partial charge in [0.25, 0.3) is 0 Å². The molecule has 1 atom stereocenters. The minimum Gasteiger partial charge on any atom is -0.0843 e. The first-order valence-corrected chi connectivity index (χ1v) is 6.29. The van der Waals surface area contributed by atoms with Gasteiger partial charge in [0.05, 0.1) is 0 Å². The van der Waals surface area contributed by atoms with Crippen LogP contribution >= 0.6 is 11.6 Å². The summed E-state index contributed by atoms with van der Waals surface area (Å²) in [6.45, 7) is 6.57. The van der Waals surface area contributed by atoms with Gasteiger partial charge in [-0.15, -0.1) is 0 Å². The molecule has 0 bridgehead atoms. The third-order valence-corrected chi connectivity index (χ3v) is 3.70. The highest BCUT2D eigenvalue weighted by Crippen LogP contribution is 2.29. The monoisotopic (exact) mass is 244 g/mol. The Bertz CT molecular complexity index is 529. The van der Waals surface area contributed by atoms with Crippen LogP contribution in [0, 0.1) is 13.8 Å². The normalized spacial score (nSPS) is 12.5. The average Bonchev–Trinajstić information content (AvgIpc) is 2.32. The highest BCUT2D eigenvalue weighted by Gasteiger charge is 2.11. The molecular formula is C16H17Cl. The molecule has 2 aromatic carbocycles. The Morgan fingerprint density at radius 1 is 1.00 bits per heavy atom. The first-order chi connectivity index (χ1) is 8.09. The molecule has 0 N–H and O–H groups in total. The third kappa shape index (κ3) is 2.53. The second-order valence-corrected chi connectivity index (χ2v) is 5.00. The fourth-order valence-electron chi connectivity index (χ4n) is 2.20. The van der Waals surface area contributed by atoms with E-state index in [-0.39, 0.29) is 0 Å². The van der Waals surface area contributed by atoms with Crippen molar-refractivity contribution in [2.75, 3.05) is 0 Å². The molecule has 1 heteroatoms. The van der Waals surface area contributed by atoms with Gasteiger partial charge in [0.2, 0.25) is 0 Å². The van der Waals surface area contributed by atoms with Gasteiger partial charge in [0.15, 0.2) is 0 Å². The maximum Gasteiger partial charge on any atom is 0.0408 e. The van der Waals surface area contributed by atoms with Crippen molar-refractivity contribution in [2.45, 2.75) is 26.7 Å². The van der Waals surface area contributed by atoms with E-state index in [9.17, 15) is 0 Å². The summed E-state index contributed by atoms with van der Waals surface area (Å²) in [6, 6.07) is 14.6. The summed E-state index contributed by atoms with van der Waals surface area (Å²) >= 11 is 6.05. The number of hydrogen-bond donors (Lipinski definition) is 0. The van der Waals surface area contributed by atoms with E-state index >= 15 is 0 Å². The van der Waals surface area contributed by atoms with Crippen molar-refractivity contribution < 1.29 is 0 Å². The van der Waals surface area contributed by atoms with Gasteiger partial charge in [-0.25, -0.2) is 0 Å². The largest absolute Gasteiger partial charge is 0.0843 e. The summed E-state index contributed by atoms with van der Waals surface area (Å²) in [5.41, 5.74) is 5.37. The van der Waals surface area contributed by atoms with Crippen molar-refractivity contribution in [2.24, 2.45) is 0 Å². The molecule has 0 saturated heterocycles. The molecule has 2 rings (SSSR count). The molecule has 2 aromatic rings. The lowest BCUT2D eigenvalue weighted by Crippen LogP contribution is -2.00. The van der Waals surface area contributed by atoms with Gasteiger partial charge in [-0.05, 0) is 48.2 Å². The lowest BCUT2D eigenvalue weighted by Gasteiger charge is -2.17. The van der Waals surface area contributed by atoms with Gasteiger partial charge in [0.1, 0.15) is 0 Å². The van der Waals surface area contributed by atoms with Crippen LogP contribution in [-0.2, 0) is 0 Å². The fourth-order valence-corrected chi connectivity index (χ4v) is 2.40. The van der Waals surface area contributed by atoms with Crippen LogP contribution in [0.3, 0.4) is 0 Å². The van der Waals surface area contributed by atoms with E-state index in [0.29, 0.717) is 5.92 Å². The van der Waals surface area contributed by atoms with Gasteiger partial charge >= 0.3 is 0 Å². The van der Waals surface area contributed by atoms with Crippen molar-refractivity contribution in [3.05, 3.63) is 69.7 Å². The predicted octanol–water partition coefficient (Wildman–Crippen LogP) is 5.11. The molecule has 0 aromatic heterocycles. The van der Waals surface area contributed by atoms with Gasteiger partial charge in [-0.2, -0.15) is 0 Å². The SMILES string of the molecule is Cc1cccc(C(C)c2cccc(Cl)c2)c1C. The van der Waals surface area contributed by atoms with Gasteiger partial charge < -0.3 is 0 Å². The van der Waals surface area contributed by atoms with Crippen LogP contribution in [-0.4, -0.2) is 0 Å². The number of rotatable bonds is 2. The van der Waals surface area contributed by atoms with E-state index in [1.807, 2.05) is 18.2 Å². The minimum absolute atomic E-state index is 0.383. The van der Waals surface area contributed by atoms with Crippen molar-refractivity contribution in [1.29, 1.82) is 0 Å².